The zero-order chi connectivity index (χ0) is 10.0. The van der Waals surface area contributed by atoms with Crippen molar-refractivity contribution in [3.63, 3.8) is 0 Å². The Morgan fingerprint density at radius 1 is 1.43 bits per heavy atom. The van der Waals surface area contributed by atoms with Crippen LogP contribution in [0.4, 0.5) is 0 Å². The Morgan fingerprint density at radius 3 is 2.71 bits per heavy atom. The highest BCUT2D eigenvalue weighted by molar-refractivity contribution is 7.09. The van der Waals surface area contributed by atoms with Crippen molar-refractivity contribution in [1.82, 2.24) is 0 Å². The highest BCUT2D eigenvalue weighted by Gasteiger charge is 2.30. The Labute approximate surface area is 89.3 Å². The van der Waals surface area contributed by atoms with E-state index in [0.29, 0.717) is 6.04 Å². The van der Waals surface area contributed by atoms with Crippen LogP contribution in [0.3, 0.4) is 0 Å². The molecule has 2 nitrogen and oxygen atoms in total. The molecule has 0 saturated heterocycles. The lowest BCUT2D eigenvalue weighted by Gasteiger charge is -2.35. The third-order valence-corrected chi connectivity index (χ3v) is 4.01. The van der Waals surface area contributed by atoms with E-state index in [1.54, 1.807) is 11.3 Å². The van der Waals surface area contributed by atoms with Crippen molar-refractivity contribution in [1.29, 1.82) is 0 Å². The molecule has 14 heavy (non-hydrogen) atoms. The molecule has 0 amide bonds. The van der Waals surface area contributed by atoms with Gasteiger partial charge in [-0.25, -0.2) is 0 Å². The van der Waals surface area contributed by atoms with E-state index in [1.807, 2.05) is 0 Å². The second-order valence-corrected chi connectivity index (χ2v) is 5.49. The standard InChI is InChI=1S/C11H18N2S/c12-9-3-5-11(13,6-4-9)8-10-2-1-7-14-10/h1-2,7,9H,3-6,8,12-13H2. The van der Waals surface area contributed by atoms with Gasteiger partial charge in [-0.15, -0.1) is 11.3 Å². The Hall–Kier alpha value is -0.380. The van der Waals surface area contributed by atoms with Crippen LogP contribution in [0.2, 0.25) is 0 Å². The first-order chi connectivity index (χ1) is 6.68. The highest BCUT2D eigenvalue weighted by atomic mass is 32.1. The lowest BCUT2D eigenvalue weighted by molar-refractivity contribution is 0.273. The van der Waals surface area contributed by atoms with E-state index in [4.69, 9.17) is 11.5 Å². The predicted molar refractivity (Wildman–Crippen MR) is 61.4 cm³/mol. The molecular weight excluding hydrogens is 192 g/mol. The summed E-state index contributed by atoms with van der Waals surface area (Å²) < 4.78 is 0. The Balaban J connectivity index is 1.96. The van der Waals surface area contributed by atoms with Crippen molar-refractivity contribution >= 4 is 11.3 Å². The van der Waals surface area contributed by atoms with Crippen molar-refractivity contribution in [2.75, 3.05) is 0 Å². The molecular formula is C11H18N2S. The van der Waals surface area contributed by atoms with E-state index in [1.165, 1.54) is 4.88 Å². The van der Waals surface area contributed by atoms with E-state index < -0.39 is 0 Å². The first-order valence-electron chi connectivity index (χ1n) is 5.25. The van der Waals surface area contributed by atoms with Crippen molar-refractivity contribution in [3.05, 3.63) is 22.4 Å². The molecule has 0 spiro atoms. The van der Waals surface area contributed by atoms with Crippen LogP contribution in [0.15, 0.2) is 17.5 Å². The summed E-state index contributed by atoms with van der Waals surface area (Å²) >= 11 is 1.80. The van der Waals surface area contributed by atoms with Gasteiger partial charge in [0.15, 0.2) is 0 Å². The molecule has 0 bridgehead atoms. The van der Waals surface area contributed by atoms with Gasteiger partial charge in [0.05, 0.1) is 0 Å². The van der Waals surface area contributed by atoms with Crippen LogP contribution in [-0.4, -0.2) is 11.6 Å². The predicted octanol–water partition coefficient (Wildman–Crippen LogP) is 1.89. The summed E-state index contributed by atoms with van der Waals surface area (Å²) in [6, 6.07) is 4.65. The molecule has 1 fully saturated rings. The van der Waals surface area contributed by atoms with Gasteiger partial charge in [0.2, 0.25) is 0 Å². The van der Waals surface area contributed by atoms with Crippen molar-refractivity contribution in [2.45, 2.75) is 43.7 Å². The number of hydrogen-bond donors (Lipinski definition) is 2. The third kappa shape index (κ3) is 2.35. The van der Waals surface area contributed by atoms with Gasteiger partial charge >= 0.3 is 0 Å². The molecule has 0 radical (unpaired) electrons. The minimum absolute atomic E-state index is 0.0146. The smallest absolute Gasteiger partial charge is 0.0204 e. The lowest BCUT2D eigenvalue weighted by atomic mass is 9.78. The van der Waals surface area contributed by atoms with E-state index in [2.05, 4.69) is 17.5 Å². The van der Waals surface area contributed by atoms with Crippen LogP contribution in [0.1, 0.15) is 30.6 Å². The molecule has 0 atom stereocenters. The van der Waals surface area contributed by atoms with E-state index in [0.717, 1.165) is 32.1 Å². The van der Waals surface area contributed by atoms with Crippen LogP contribution in [0, 0.1) is 0 Å². The molecule has 1 heterocycles. The Morgan fingerprint density at radius 2 is 2.14 bits per heavy atom. The molecule has 1 aromatic rings. The van der Waals surface area contributed by atoms with Crippen LogP contribution in [0.5, 0.6) is 0 Å². The molecule has 1 aromatic heterocycles. The molecule has 0 aliphatic heterocycles. The summed E-state index contributed by atoms with van der Waals surface area (Å²) in [4.78, 5) is 1.41. The van der Waals surface area contributed by atoms with Gasteiger partial charge in [-0.05, 0) is 43.6 Å². The fourth-order valence-corrected chi connectivity index (χ4v) is 3.01. The molecule has 3 heteroatoms. The summed E-state index contributed by atoms with van der Waals surface area (Å²) in [5.74, 6) is 0. The molecule has 4 N–H and O–H groups in total. The maximum Gasteiger partial charge on any atom is 0.0204 e. The summed E-state index contributed by atoms with van der Waals surface area (Å²) in [5.41, 5.74) is 12.3. The molecule has 1 saturated carbocycles. The first-order valence-corrected chi connectivity index (χ1v) is 6.13. The SMILES string of the molecule is NC1CCC(N)(Cc2cccs2)CC1. The zero-order valence-corrected chi connectivity index (χ0v) is 9.22. The zero-order valence-electron chi connectivity index (χ0n) is 8.41. The maximum absolute atomic E-state index is 6.36. The monoisotopic (exact) mass is 210 g/mol. The average Bonchev–Trinajstić information content (AvgIpc) is 2.63. The van der Waals surface area contributed by atoms with E-state index in [-0.39, 0.29) is 5.54 Å². The Kier molecular flexibility index (Phi) is 2.91. The normalized spacial score (nSPS) is 33.1. The Bertz CT molecular complexity index is 273. The number of rotatable bonds is 2. The van der Waals surface area contributed by atoms with Crippen LogP contribution in [-0.2, 0) is 6.42 Å². The fourth-order valence-electron chi connectivity index (χ4n) is 2.15. The summed E-state index contributed by atoms with van der Waals surface area (Å²) in [7, 11) is 0. The van der Waals surface area contributed by atoms with Crippen LogP contribution >= 0.6 is 11.3 Å². The summed E-state index contributed by atoms with van der Waals surface area (Å²) in [6.07, 6.45) is 5.35. The van der Waals surface area contributed by atoms with E-state index >= 15 is 0 Å². The largest absolute Gasteiger partial charge is 0.328 e. The van der Waals surface area contributed by atoms with Crippen LogP contribution < -0.4 is 11.5 Å². The van der Waals surface area contributed by atoms with Gasteiger partial charge in [-0.1, -0.05) is 6.07 Å². The van der Waals surface area contributed by atoms with Gasteiger partial charge in [0.25, 0.3) is 0 Å². The van der Waals surface area contributed by atoms with Crippen LogP contribution in [0.25, 0.3) is 0 Å². The lowest BCUT2D eigenvalue weighted by Crippen LogP contribution is -2.47. The number of thiophene rings is 1. The summed E-state index contributed by atoms with van der Waals surface area (Å²) in [6.45, 7) is 0. The summed E-state index contributed by atoms with van der Waals surface area (Å²) in [5, 5.41) is 2.12. The second kappa shape index (κ2) is 4.01. The third-order valence-electron chi connectivity index (χ3n) is 3.13. The van der Waals surface area contributed by atoms with E-state index in [9.17, 15) is 0 Å². The molecule has 2 rings (SSSR count). The number of nitrogens with two attached hydrogens (primary N) is 2. The molecule has 78 valence electrons. The van der Waals surface area contributed by atoms with Crippen molar-refractivity contribution < 1.29 is 0 Å². The van der Waals surface area contributed by atoms with Gasteiger partial charge < -0.3 is 11.5 Å². The first kappa shape index (κ1) is 10.1. The van der Waals surface area contributed by atoms with Gasteiger partial charge in [-0.3, -0.25) is 0 Å². The minimum Gasteiger partial charge on any atom is -0.328 e. The number of hydrogen-bond acceptors (Lipinski definition) is 3. The topological polar surface area (TPSA) is 52.0 Å². The molecule has 0 aromatic carbocycles. The van der Waals surface area contributed by atoms with Gasteiger partial charge in [0.1, 0.15) is 0 Å². The van der Waals surface area contributed by atoms with Crippen molar-refractivity contribution in [3.8, 4) is 0 Å². The average molecular weight is 210 g/mol. The highest BCUT2D eigenvalue weighted by Crippen LogP contribution is 2.29. The fraction of sp³-hybridized carbons (Fsp3) is 0.636. The molecule has 1 aliphatic rings. The molecule has 1 aliphatic carbocycles. The second-order valence-electron chi connectivity index (χ2n) is 4.46. The minimum atomic E-state index is 0.0146. The van der Waals surface area contributed by atoms with Crippen molar-refractivity contribution in [2.24, 2.45) is 11.5 Å². The maximum atomic E-state index is 6.36. The van der Waals surface area contributed by atoms with Gasteiger partial charge in [-0.2, -0.15) is 0 Å². The molecule has 0 unspecified atom stereocenters. The quantitative estimate of drug-likeness (QED) is 0.783. The van der Waals surface area contributed by atoms with Gasteiger partial charge in [0, 0.05) is 16.5 Å².